The topological polar surface area (TPSA) is 86.7 Å². The van der Waals surface area contributed by atoms with Crippen molar-refractivity contribution in [3.63, 3.8) is 0 Å². The van der Waals surface area contributed by atoms with Crippen molar-refractivity contribution in [2.45, 2.75) is 0 Å². The predicted molar refractivity (Wildman–Crippen MR) is 67.3 cm³/mol. The Morgan fingerprint density at radius 2 is 2.00 bits per heavy atom. The lowest BCUT2D eigenvalue weighted by atomic mass is 10.2. The van der Waals surface area contributed by atoms with Crippen molar-refractivity contribution in [1.29, 1.82) is 0 Å². The molecule has 0 aromatic heterocycles. The van der Waals surface area contributed by atoms with Crippen LogP contribution < -0.4 is 4.72 Å². The van der Waals surface area contributed by atoms with Crippen LogP contribution in [0.2, 0.25) is 0 Å². The molecule has 0 radical (unpaired) electrons. The average molecular weight is 323 g/mol. The molecule has 0 saturated carbocycles. The van der Waals surface area contributed by atoms with Crippen molar-refractivity contribution in [2.75, 3.05) is 18.8 Å². The Bertz CT molecular complexity index is 542. The second kappa shape index (κ2) is 5.03. The molecule has 0 atom stereocenters. The van der Waals surface area contributed by atoms with Gasteiger partial charge in [-0.2, -0.15) is 12.7 Å². The van der Waals surface area contributed by atoms with E-state index in [-0.39, 0.29) is 11.3 Å². The number of benzene rings is 1. The summed E-state index contributed by atoms with van der Waals surface area (Å²) in [5.41, 5.74) is -0.0980. The number of halogens is 1. The summed E-state index contributed by atoms with van der Waals surface area (Å²) in [4.78, 5) is 11.0. The predicted octanol–water partition coefficient (Wildman–Crippen LogP) is 1.37. The highest BCUT2D eigenvalue weighted by Crippen LogP contribution is 2.22. The quantitative estimate of drug-likeness (QED) is 0.876. The van der Waals surface area contributed by atoms with Crippen LogP contribution in [-0.2, 0) is 10.2 Å². The number of nitrogens with one attached hydrogen (secondary N) is 1. The average Bonchev–Trinajstić information content (AvgIpc) is 2.19. The molecule has 0 aliphatic heterocycles. The molecule has 6 nitrogen and oxygen atoms in total. The second-order valence-electron chi connectivity index (χ2n) is 3.38. The molecule has 0 unspecified atom stereocenters. The molecule has 0 bridgehead atoms. The Hall–Kier alpha value is -1.12. The van der Waals surface area contributed by atoms with Crippen molar-refractivity contribution in [1.82, 2.24) is 4.31 Å². The van der Waals surface area contributed by atoms with Crippen LogP contribution in [0.3, 0.4) is 0 Å². The van der Waals surface area contributed by atoms with Gasteiger partial charge < -0.3 is 5.11 Å². The fourth-order valence-corrected chi connectivity index (χ4v) is 2.01. The lowest BCUT2D eigenvalue weighted by Gasteiger charge is -2.14. The van der Waals surface area contributed by atoms with Crippen LogP contribution in [0.5, 0.6) is 0 Å². The fraction of sp³-hybridized carbons (Fsp3) is 0.222. The molecule has 17 heavy (non-hydrogen) atoms. The van der Waals surface area contributed by atoms with Crippen molar-refractivity contribution in [2.24, 2.45) is 0 Å². The smallest absolute Gasteiger partial charge is 0.337 e. The summed E-state index contributed by atoms with van der Waals surface area (Å²) >= 11 is 3.12. The van der Waals surface area contributed by atoms with Gasteiger partial charge in [-0.25, -0.2) is 4.79 Å². The summed E-state index contributed by atoms with van der Waals surface area (Å²) in [6.45, 7) is 0. The number of carboxylic acids is 1. The molecular formula is C9H11BrN2O4S. The van der Waals surface area contributed by atoms with Gasteiger partial charge in [0.15, 0.2) is 0 Å². The van der Waals surface area contributed by atoms with Crippen LogP contribution in [0.15, 0.2) is 22.7 Å². The number of nitrogens with zero attached hydrogens (tertiary/aromatic N) is 1. The van der Waals surface area contributed by atoms with E-state index in [0.29, 0.717) is 4.47 Å². The standard InChI is InChI=1S/C9H11BrN2O4S/c1-12(2)17(15,16)11-8-4-3-6(10)5-7(8)9(13)14/h3-5,11H,1-2H3,(H,13,14). The van der Waals surface area contributed by atoms with E-state index in [0.717, 1.165) is 4.31 Å². The van der Waals surface area contributed by atoms with Gasteiger partial charge in [-0.1, -0.05) is 15.9 Å². The third-order valence-corrected chi connectivity index (χ3v) is 3.86. The molecule has 0 fully saturated rings. The minimum atomic E-state index is -3.72. The van der Waals surface area contributed by atoms with Gasteiger partial charge in [0.1, 0.15) is 0 Å². The number of carbonyl (C=O) groups is 1. The molecule has 0 amide bonds. The van der Waals surface area contributed by atoms with E-state index in [2.05, 4.69) is 20.7 Å². The Balaban J connectivity index is 3.20. The molecule has 0 saturated heterocycles. The van der Waals surface area contributed by atoms with Crippen molar-refractivity contribution >= 4 is 37.8 Å². The van der Waals surface area contributed by atoms with Gasteiger partial charge in [-0.3, -0.25) is 4.72 Å². The Morgan fingerprint density at radius 3 is 2.47 bits per heavy atom. The van der Waals surface area contributed by atoms with E-state index in [1.54, 1.807) is 6.07 Å². The molecule has 94 valence electrons. The van der Waals surface area contributed by atoms with Gasteiger partial charge in [0.25, 0.3) is 0 Å². The van der Waals surface area contributed by atoms with E-state index in [1.165, 1.54) is 26.2 Å². The number of carboxylic acid groups (broad SMARTS) is 1. The van der Waals surface area contributed by atoms with E-state index >= 15 is 0 Å². The molecule has 1 aromatic rings. The summed E-state index contributed by atoms with van der Waals surface area (Å²) < 4.78 is 26.8. The monoisotopic (exact) mass is 322 g/mol. The van der Waals surface area contributed by atoms with Gasteiger partial charge in [-0.15, -0.1) is 0 Å². The van der Waals surface area contributed by atoms with Gasteiger partial charge in [-0.05, 0) is 18.2 Å². The summed E-state index contributed by atoms with van der Waals surface area (Å²) in [6, 6.07) is 4.27. The first-order chi connectivity index (χ1) is 7.74. The first-order valence-corrected chi connectivity index (χ1v) is 6.70. The van der Waals surface area contributed by atoms with Crippen molar-refractivity contribution < 1.29 is 18.3 Å². The van der Waals surface area contributed by atoms with Crippen LogP contribution in [0.25, 0.3) is 0 Å². The molecule has 8 heteroatoms. The Kier molecular flexibility index (Phi) is 4.12. The highest BCUT2D eigenvalue weighted by molar-refractivity contribution is 9.10. The molecule has 1 rings (SSSR count). The minimum Gasteiger partial charge on any atom is -0.478 e. The van der Waals surface area contributed by atoms with E-state index in [4.69, 9.17) is 5.11 Å². The Labute approximate surface area is 108 Å². The zero-order valence-electron chi connectivity index (χ0n) is 9.14. The number of hydrogen-bond acceptors (Lipinski definition) is 3. The maximum atomic E-state index is 11.6. The molecule has 0 aliphatic rings. The third kappa shape index (κ3) is 3.42. The zero-order valence-corrected chi connectivity index (χ0v) is 11.5. The SMILES string of the molecule is CN(C)S(=O)(=O)Nc1ccc(Br)cc1C(=O)O. The third-order valence-electron chi connectivity index (χ3n) is 1.93. The molecular weight excluding hydrogens is 312 g/mol. The highest BCUT2D eigenvalue weighted by Gasteiger charge is 2.18. The summed E-state index contributed by atoms with van der Waals surface area (Å²) in [7, 11) is -1.02. The first kappa shape index (κ1) is 13.9. The molecule has 0 aliphatic carbocycles. The number of anilines is 1. The molecule has 1 aromatic carbocycles. The molecule has 0 heterocycles. The fourth-order valence-electron chi connectivity index (χ4n) is 1.01. The zero-order chi connectivity index (χ0) is 13.2. The van der Waals surface area contributed by atoms with Crippen molar-refractivity contribution in [3.05, 3.63) is 28.2 Å². The lowest BCUT2D eigenvalue weighted by Crippen LogP contribution is -2.29. The number of hydrogen-bond donors (Lipinski definition) is 2. The second-order valence-corrected chi connectivity index (χ2v) is 6.18. The maximum absolute atomic E-state index is 11.6. The largest absolute Gasteiger partial charge is 0.478 e. The number of aromatic carboxylic acids is 1. The summed E-state index contributed by atoms with van der Waals surface area (Å²) in [6.07, 6.45) is 0. The van der Waals surface area contributed by atoms with E-state index in [1.807, 2.05) is 0 Å². The summed E-state index contributed by atoms with van der Waals surface area (Å²) in [5, 5.41) is 8.96. The van der Waals surface area contributed by atoms with Crippen LogP contribution >= 0.6 is 15.9 Å². The summed E-state index contributed by atoms with van der Waals surface area (Å²) in [5.74, 6) is -1.21. The Morgan fingerprint density at radius 1 is 1.41 bits per heavy atom. The van der Waals surface area contributed by atoms with Crippen LogP contribution in [-0.4, -0.2) is 37.9 Å². The van der Waals surface area contributed by atoms with Gasteiger partial charge >= 0.3 is 16.2 Å². The minimum absolute atomic E-state index is 0.0226. The molecule has 0 spiro atoms. The van der Waals surface area contributed by atoms with E-state index < -0.39 is 16.2 Å². The van der Waals surface area contributed by atoms with Crippen LogP contribution in [0.4, 0.5) is 5.69 Å². The van der Waals surface area contributed by atoms with Crippen LogP contribution in [0, 0.1) is 0 Å². The van der Waals surface area contributed by atoms with Gasteiger partial charge in [0.05, 0.1) is 11.3 Å². The normalized spacial score (nSPS) is 11.5. The highest BCUT2D eigenvalue weighted by atomic mass is 79.9. The van der Waals surface area contributed by atoms with Crippen molar-refractivity contribution in [3.8, 4) is 0 Å². The first-order valence-electron chi connectivity index (χ1n) is 4.47. The number of rotatable bonds is 4. The molecule has 2 N–H and O–H groups in total. The van der Waals surface area contributed by atoms with Gasteiger partial charge in [0, 0.05) is 18.6 Å². The lowest BCUT2D eigenvalue weighted by molar-refractivity contribution is 0.0698. The van der Waals surface area contributed by atoms with Crippen LogP contribution in [0.1, 0.15) is 10.4 Å². The van der Waals surface area contributed by atoms with E-state index in [9.17, 15) is 13.2 Å². The maximum Gasteiger partial charge on any atom is 0.337 e. The van der Waals surface area contributed by atoms with Gasteiger partial charge in [0.2, 0.25) is 0 Å².